The van der Waals surface area contributed by atoms with Gasteiger partial charge in [-0.05, 0) is 42.8 Å². The van der Waals surface area contributed by atoms with Crippen molar-refractivity contribution in [2.75, 3.05) is 0 Å². The van der Waals surface area contributed by atoms with Crippen LogP contribution in [-0.4, -0.2) is 16.1 Å². The number of rotatable bonds is 3. The summed E-state index contributed by atoms with van der Waals surface area (Å²) in [5.74, 6) is -0.895. The van der Waals surface area contributed by atoms with Crippen LogP contribution in [0.4, 0.5) is 0 Å². The number of aromatic carboxylic acids is 1. The molecule has 0 aliphatic rings. The average Bonchev–Trinajstić information content (AvgIpc) is 2.33. The van der Waals surface area contributed by atoms with E-state index in [-0.39, 0.29) is 0 Å². The van der Waals surface area contributed by atoms with E-state index in [1.165, 1.54) is 0 Å². The third-order valence-corrected chi connectivity index (χ3v) is 3.49. The van der Waals surface area contributed by atoms with E-state index in [0.717, 1.165) is 15.4 Å². The highest BCUT2D eigenvalue weighted by Gasteiger charge is 2.06. The molecule has 0 bridgehead atoms. The molecule has 17 heavy (non-hydrogen) atoms. The van der Waals surface area contributed by atoms with Crippen LogP contribution >= 0.6 is 11.8 Å². The summed E-state index contributed by atoms with van der Waals surface area (Å²) in [6.45, 7) is 1.91. The molecule has 0 atom stereocenters. The van der Waals surface area contributed by atoms with Gasteiger partial charge in [0.05, 0.1) is 5.56 Å². The molecule has 0 unspecified atom stereocenters. The van der Waals surface area contributed by atoms with E-state index in [9.17, 15) is 4.79 Å². The van der Waals surface area contributed by atoms with Crippen LogP contribution in [0.2, 0.25) is 0 Å². The summed E-state index contributed by atoms with van der Waals surface area (Å²) in [6, 6.07) is 9.00. The SMILES string of the molecule is Cc1cc(C(=O)O)ccc1Sc1ccncc1. The van der Waals surface area contributed by atoms with Crippen molar-refractivity contribution in [1.29, 1.82) is 0 Å². The first-order valence-electron chi connectivity index (χ1n) is 5.08. The van der Waals surface area contributed by atoms with Gasteiger partial charge in [-0.3, -0.25) is 4.98 Å². The lowest BCUT2D eigenvalue weighted by Crippen LogP contribution is -1.96. The molecule has 1 heterocycles. The van der Waals surface area contributed by atoms with Crippen molar-refractivity contribution in [3.63, 3.8) is 0 Å². The third-order valence-electron chi connectivity index (χ3n) is 2.30. The Balaban J connectivity index is 2.26. The summed E-state index contributed by atoms with van der Waals surface area (Å²) in [5.41, 5.74) is 1.29. The van der Waals surface area contributed by atoms with Gasteiger partial charge in [0.1, 0.15) is 0 Å². The number of carbonyl (C=O) groups is 1. The molecule has 1 aromatic heterocycles. The van der Waals surface area contributed by atoms with Gasteiger partial charge < -0.3 is 5.11 Å². The predicted molar refractivity (Wildman–Crippen MR) is 66.5 cm³/mol. The quantitative estimate of drug-likeness (QED) is 0.901. The summed E-state index contributed by atoms with van der Waals surface area (Å²) in [5, 5.41) is 8.87. The molecule has 0 spiro atoms. The molecule has 0 aliphatic carbocycles. The number of aryl methyl sites for hydroxylation is 1. The van der Waals surface area contributed by atoms with Gasteiger partial charge in [-0.1, -0.05) is 11.8 Å². The van der Waals surface area contributed by atoms with Crippen molar-refractivity contribution in [3.8, 4) is 0 Å². The first-order valence-corrected chi connectivity index (χ1v) is 5.90. The molecule has 1 N–H and O–H groups in total. The lowest BCUT2D eigenvalue weighted by Gasteiger charge is -2.06. The minimum absolute atomic E-state index is 0.321. The smallest absolute Gasteiger partial charge is 0.335 e. The standard InChI is InChI=1S/C13H11NO2S/c1-9-8-10(13(15)16)2-3-12(9)17-11-4-6-14-7-5-11/h2-8H,1H3,(H,15,16). The van der Waals surface area contributed by atoms with Gasteiger partial charge in [0.2, 0.25) is 0 Å². The fraction of sp³-hybridized carbons (Fsp3) is 0.0769. The van der Waals surface area contributed by atoms with E-state index in [2.05, 4.69) is 4.98 Å². The van der Waals surface area contributed by atoms with Gasteiger partial charge in [-0.25, -0.2) is 4.79 Å². The van der Waals surface area contributed by atoms with Crippen LogP contribution in [0.15, 0.2) is 52.5 Å². The van der Waals surface area contributed by atoms with Crippen LogP contribution < -0.4 is 0 Å². The fourth-order valence-corrected chi connectivity index (χ4v) is 2.30. The van der Waals surface area contributed by atoms with Crippen molar-refractivity contribution in [1.82, 2.24) is 4.98 Å². The van der Waals surface area contributed by atoms with Crippen molar-refractivity contribution in [2.45, 2.75) is 16.7 Å². The second-order valence-corrected chi connectivity index (χ2v) is 4.69. The molecule has 0 saturated heterocycles. The highest BCUT2D eigenvalue weighted by molar-refractivity contribution is 7.99. The monoisotopic (exact) mass is 245 g/mol. The predicted octanol–water partition coefficient (Wildman–Crippen LogP) is 3.24. The Hall–Kier alpha value is -1.81. The van der Waals surface area contributed by atoms with Crippen LogP contribution in [-0.2, 0) is 0 Å². The Labute approximate surface area is 104 Å². The Morgan fingerprint density at radius 2 is 1.94 bits per heavy atom. The van der Waals surface area contributed by atoms with Crippen molar-refractivity contribution in [2.24, 2.45) is 0 Å². The van der Waals surface area contributed by atoms with Gasteiger partial charge in [0, 0.05) is 22.2 Å². The molecule has 2 aromatic rings. The molecule has 0 saturated carbocycles. The molecule has 2 rings (SSSR count). The average molecular weight is 245 g/mol. The fourth-order valence-electron chi connectivity index (χ4n) is 1.43. The number of hydrogen-bond donors (Lipinski definition) is 1. The highest BCUT2D eigenvalue weighted by Crippen LogP contribution is 2.30. The zero-order valence-corrected chi connectivity index (χ0v) is 10.1. The van der Waals surface area contributed by atoms with E-state index in [1.54, 1.807) is 36.3 Å². The maximum atomic E-state index is 10.8. The van der Waals surface area contributed by atoms with Gasteiger partial charge in [0.15, 0.2) is 0 Å². The number of hydrogen-bond acceptors (Lipinski definition) is 3. The van der Waals surface area contributed by atoms with Gasteiger partial charge in [-0.2, -0.15) is 0 Å². The Kier molecular flexibility index (Phi) is 3.44. The lowest BCUT2D eigenvalue weighted by atomic mass is 10.1. The molecule has 0 fully saturated rings. The number of carboxylic acid groups (broad SMARTS) is 1. The number of carboxylic acids is 1. The van der Waals surface area contributed by atoms with Gasteiger partial charge in [-0.15, -0.1) is 0 Å². The molecule has 4 heteroatoms. The number of benzene rings is 1. The second kappa shape index (κ2) is 5.01. The zero-order valence-electron chi connectivity index (χ0n) is 9.25. The van der Waals surface area contributed by atoms with Crippen LogP contribution in [0, 0.1) is 6.92 Å². The maximum Gasteiger partial charge on any atom is 0.335 e. The molecule has 0 radical (unpaired) electrons. The second-order valence-electron chi connectivity index (χ2n) is 3.57. The summed E-state index contributed by atoms with van der Waals surface area (Å²) >= 11 is 1.60. The van der Waals surface area contributed by atoms with E-state index in [0.29, 0.717) is 5.56 Å². The topological polar surface area (TPSA) is 50.2 Å². The molecular formula is C13H11NO2S. The first-order chi connectivity index (χ1) is 8.16. The van der Waals surface area contributed by atoms with Crippen LogP contribution in [0.3, 0.4) is 0 Å². The molecular weight excluding hydrogens is 234 g/mol. The first kappa shape index (κ1) is 11.7. The zero-order chi connectivity index (χ0) is 12.3. The van der Waals surface area contributed by atoms with E-state index in [4.69, 9.17) is 5.11 Å². The van der Waals surface area contributed by atoms with Gasteiger partial charge in [0.25, 0.3) is 0 Å². The maximum absolute atomic E-state index is 10.8. The minimum Gasteiger partial charge on any atom is -0.478 e. The lowest BCUT2D eigenvalue weighted by molar-refractivity contribution is 0.0696. The molecule has 0 amide bonds. The Morgan fingerprint density at radius 3 is 2.53 bits per heavy atom. The number of pyridine rings is 1. The molecule has 3 nitrogen and oxygen atoms in total. The largest absolute Gasteiger partial charge is 0.478 e. The molecule has 1 aromatic carbocycles. The van der Waals surface area contributed by atoms with E-state index in [1.807, 2.05) is 25.1 Å². The van der Waals surface area contributed by atoms with Crippen LogP contribution in [0.5, 0.6) is 0 Å². The molecule has 0 aliphatic heterocycles. The highest BCUT2D eigenvalue weighted by atomic mass is 32.2. The van der Waals surface area contributed by atoms with Crippen LogP contribution in [0.1, 0.15) is 15.9 Å². The summed E-state index contributed by atoms with van der Waals surface area (Å²) < 4.78 is 0. The number of nitrogens with zero attached hydrogens (tertiary/aromatic N) is 1. The number of aromatic nitrogens is 1. The van der Waals surface area contributed by atoms with Gasteiger partial charge >= 0.3 is 5.97 Å². The van der Waals surface area contributed by atoms with E-state index >= 15 is 0 Å². The third kappa shape index (κ3) is 2.85. The summed E-state index contributed by atoms with van der Waals surface area (Å²) in [6.07, 6.45) is 3.48. The van der Waals surface area contributed by atoms with Crippen molar-refractivity contribution < 1.29 is 9.90 Å². The minimum atomic E-state index is -0.895. The Morgan fingerprint density at radius 1 is 1.24 bits per heavy atom. The molecule has 86 valence electrons. The van der Waals surface area contributed by atoms with Crippen molar-refractivity contribution >= 4 is 17.7 Å². The van der Waals surface area contributed by atoms with Crippen LogP contribution in [0.25, 0.3) is 0 Å². The Bertz CT molecular complexity index is 540. The summed E-state index contributed by atoms with van der Waals surface area (Å²) in [4.78, 5) is 16.9. The van der Waals surface area contributed by atoms with E-state index < -0.39 is 5.97 Å². The normalized spacial score (nSPS) is 10.2. The summed E-state index contributed by atoms with van der Waals surface area (Å²) in [7, 11) is 0. The van der Waals surface area contributed by atoms with Crippen molar-refractivity contribution in [3.05, 3.63) is 53.9 Å².